The average molecular weight is 494 g/mol. The van der Waals surface area contributed by atoms with Gasteiger partial charge in [-0.1, -0.05) is 36.4 Å². The van der Waals surface area contributed by atoms with Crippen molar-refractivity contribution in [2.45, 2.75) is 6.54 Å². The lowest BCUT2D eigenvalue weighted by Crippen LogP contribution is -2.31. The van der Waals surface area contributed by atoms with E-state index in [0.29, 0.717) is 6.54 Å². The number of carbonyl (C=O) groups is 3. The molecule has 0 unspecified atom stereocenters. The van der Waals surface area contributed by atoms with Crippen LogP contribution in [-0.4, -0.2) is 57.0 Å². The number of esters is 1. The fourth-order valence-corrected chi connectivity index (χ4v) is 3.23. The lowest BCUT2D eigenvalue weighted by atomic mass is 10.2. The zero-order valence-corrected chi connectivity index (χ0v) is 20.4. The molecule has 0 saturated heterocycles. The summed E-state index contributed by atoms with van der Waals surface area (Å²) in [5.41, 5.74) is 2.07. The van der Waals surface area contributed by atoms with Gasteiger partial charge in [-0.05, 0) is 42.0 Å². The second kappa shape index (κ2) is 12.3. The van der Waals surface area contributed by atoms with E-state index < -0.39 is 30.9 Å². The molecule has 0 fully saturated rings. The number of anilines is 2. The smallest absolute Gasteiger partial charge is 0.342 e. The van der Waals surface area contributed by atoms with E-state index in [-0.39, 0.29) is 22.9 Å². The molecule has 3 aromatic carbocycles. The van der Waals surface area contributed by atoms with Crippen molar-refractivity contribution in [1.82, 2.24) is 4.90 Å². The molecule has 1 N–H and O–H groups in total. The van der Waals surface area contributed by atoms with Gasteiger partial charge in [0.15, 0.2) is 13.2 Å². The van der Waals surface area contributed by atoms with Crippen LogP contribution in [0.25, 0.3) is 0 Å². The predicted octanol–water partition coefficient (Wildman–Crippen LogP) is 3.72. The molecular formula is C27H28FN3O5. The Labute approximate surface area is 209 Å². The normalized spacial score (nSPS) is 10.3. The topological polar surface area (TPSA) is 88.2 Å². The fourth-order valence-electron chi connectivity index (χ4n) is 3.23. The third kappa shape index (κ3) is 7.30. The van der Waals surface area contributed by atoms with Gasteiger partial charge in [-0.3, -0.25) is 9.59 Å². The number of amides is 2. The minimum atomic E-state index is -0.766. The van der Waals surface area contributed by atoms with Crippen molar-refractivity contribution < 1.29 is 28.2 Å². The zero-order chi connectivity index (χ0) is 26.1. The van der Waals surface area contributed by atoms with E-state index >= 15 is 0 Å². The summed E-state index contributed by atoms with van der Waals surface area (Å²) in [7, 11) is 5.52. The first-order valence-electron chi connectivity index (χ1n) is 11.2. The van der Waals surface area contributed by atoms with E-state index in [9.17, 15) is 18.8 Å². The second-order valence-corrected chi connectivity index (χ2v) is 8.20. The number of rotatable bonds is 10. The van der Waals surface area contributed by atoms with Crippen molar-refractivity contribution in [3.63, 3.8) is 0 Å². The molecule has 0 radical (unpaired) electrons. The molecule has 0 aliphatic heterocycles. The Balaban J connectivity index is 1.52. The van der Waals surface area contributed by atoms with Gasteiger partial charge in [0, 0.05) is 33.4 Å². The number of ether oxygens (including phenoxy) is 2. The van der Waals surface area contributed by atoms with Crippen molar-refractivity contribution in [2.75, 3.05) is 44.6 Å². The summed E-state index contributed by atoms with van der Waals surface area (Å²) in [5.74, 6) is -2.21. The number of nitrogens with one attached hydrogen (secondary N) is 1. The number of hydrogen-bond donors (Lipinski definition) is 1. The van der Waals surface area contributed by atoms with Crippen LogP contribution < -0.4 is 15.0 Å². The Morgan fingerprint density at radius 1 is 0.861 bits per heavy atom. The highest BCUT2D eigenvalue weighted by atomic mass is 19.1. The summed E-state index contributed by atoms with van der Waals surface area (Å²) < 4.78 is 24.4. The molecular weight excluding hydrogens is 465 g/mol. The van der Waals surface area contributed by atoms with Crippen molar-refractivity contribution in [3.8, 4) is 5.75 Å². The standard InChI is InChI=1S/C27H28FN3O5/c1-30(2)20-14-12-19(13-15-20)16-31(3)26(33)18-36-27(34)21-8-4-7-11-24(21)35-17-25(32)29-23-10-6-5-9-22(23)28/h4-15H,16-18H2,1-3H3,(H,29,32). The summed E-state index contributed by atoms with van der Waals surface area (Å²) in [6, 6.07) is 19.7. The van der Waals surface area contributed by atoms with Crippen LogP contribution in [0.4, 0.5) is 15.8 Å². The highest BCUT2D eigenvalue weighted by molar-refractivity contribution is 5.95. The molecule has 9 heteroatoms. The SMILES string of the molecule is CN(Cc1ccc(N(C)C)cc1)C(=O)COC(=O)c1ccccc1OCC(=O)Nc1ccccc1F. The number of likely N-dealkylation sites (N-methyl/N-ethyl adjacent to an activating group) is 1. The van der Waals surface area contributed by atoms with Gasteiger partial charge < -0.3 is 24.6 Å². The lowest BCUT2D eigenvalue weighted by Gasteiger charge is -2.18. The molecule has 0 saturated carbocycles. The number of hydrogen-bond acceptors (Lipinski definition) is 6. The number of para-hydroxylation sites is 2. The van der Waals surface area contributed by atoms with Crippen LogP contribution in [0.1, 0.15) is 15.9 Å². The van der Waals surface area contributed by atoms with Gasteiger partial charge in [0.05, 0.1) is 5.69 Å². The quantitative estimate of drug-likeness (QED) is 0.433. The summed E-state index contributed by atoms with van der Waals surface area (Å²) in [6.45, 7) is -0.541. The Morgan fingerprint density at radius 2 is 1.53 bits per heavy atom. The van der Waals surface area contributed by atoms with Crippen molar-refractivity contribution in [2.24, 2.45) is 0 Å². The van der Waals surface area contributed by atoms with E-state index in [2.05, 4.69) is 5.32 Å². The number of halogens is 1. The van der Waals surface area contributed by atoms with E-state index in [0.717, 1.165) is 11.3 Å². The minimum Gasteiger partial charge on any atom is -0.483 e. The molecule has 2 amide bonds. The van der Waals surface area contributed by atoms with E-state index in [4.69, 9.17) is 9.47 Å². The molecule has 3 rings (SSSR count). The third-order valence-corrected chi connectivity index (χ3v) is 5.24. The maximum atomic E-state index is 13.7. The van der Waals surface area contributed by atoms with Gasteiger partial charge in [-0.25, -0.2) is 9.18 Å². The number of benzene rings is 3. The molecule has 3 aromatic rings. The summed E-state index contributed by atoms with van der Waals surface area (Å²) in [6.07, 6.45) is 0. The van der Waals surface area contributed by atoms with Gasteiger partial charge in [0.2, 0.25) is 0 Å². The maximum Gasteiger partial charge on any atom is 0.342 e. The van der Waals surface area contributed by atoms with Crippen LogP contribution in [0, 0.1) is 5.82 Å². The summed E-state index contributed by atoms with van der Waals surface area (Å²) >= 11 is 0. The zero-order valence-electron chi connectivity index (χ0n) is 20.4. The Kier molecular flexibility index (Phi) is 8.99. The van der Waals surface area contributed by atoms with Crippen LogP contribution in [-0.2, 0) is 20.9 Å². The molecule has 0 heterocycles. The maximum absolute atomic E-state index is 13.7. The molecule has 0 spiro atoms. The Morgan fingerprint density at radius 3 is 2.22 bits per heavy atom. The first kappa shape index (κ1) is 26.2. The molecule has 8 nitrogen and oxygen atoms in total. The van der Waals surface area contributed by atoms with Gasteiger partial charge in [-0.15, -0.1) is 0 Å². The Hall–Kier alpha value is -4.40. The first-order valence-corrected chi connectivity index (χ1v) is 11.2. The summed E-state index contributed by atoms with van der Waals surface area (Å²) in [4.78, 5) is 40.7. The minimum absolute atomic E-state index is 0.0232. The molecule has 36 heavy (non-hydrogen) atoms. The molecule has 0 aromatic heterocycles. The van der Waals surface area contributed by atoms with E-state index in [1.165, 1.54) is 35.2 Å². The molecule has 0 atom stereocenters. The number of nitrogens with zero attached hydrogens (tertiary/aromatic N) is 2. The molecule has 0 bridgehead atoms. The van der Waals surface area contributed by atoms with Gasteiger partial charge in [-0.2, -0.15) is 0 Å². The van der Waals surface area contributed by atoms with Crippen molar-refractivity contribution >= 4 is 29.2 Å². The second-order valence-electron chi connectivity index (χ2n) is 8.20. The van der Waals surface area contributed by atoms with Crippen LogP contribution >= 0.6 is 0 Å². The van der Waals surface area contributed by atoms with Crippen molar-refractivity contribution in [3.05, 3.63) is 89.7 Å². The Bertz CT molecular complexity index is 1210. The van der Waals surface area contributed by atoms with E-state index in [1.807, 2.05) is 43.3 Å². The van der Waals surface area contributed by atoms with Crippen LogP contribution in [0.2, 0.25) is 0 Å². The van der Waals surface area contributed by atoms with Crippen molar-refractivity contribution in [1.29, 1.82) is 0 Å². The monoisotopic (exact) mass is 493 g/mol. The van der Waals surface area contributed by atoms with Gasteiger partial charge >= 0.3 is 5.97 Å². The molecule has 0 aliphatic rings. The highest BCUT2D eigenvalue weighted by Crippen LogP contribution is 2.20. The largest absolute Gasteiger partial charge is 0.483 e. The van der Waals surface area contributed by atoms with Crippen LogP contribution in [0.3, 0.4) is 0 Å². The average Bonchev–Trinajstić information content (AvgIpc) is 2.87. The molecule has 188 valence electrons. The fraction of sp³-hybridized carbons (Fsp3) is 0.222. The van der Waals surface area contributed by atoms with Crippen LogP contribution in [0.5, 0.6) is 5.75 Å². The van der Waals surface area contributed by atoms with Gasteiger partial charge in [0.1, 0.15) is 17.1 Å². The van der Waals surface area contributed by atoms with Crippen LogP contribution in [0.15, 0.2) is 72.8 Å². The third-order valence-electron chi connectivity index (χ3n) is 5.24. The summed E-state index contributed by atoms with van der Waals surface area (Å²) in [5, 5.41) is 2.40. The molecule has 0 aliphatic carbocycles. The highest BCUT2D eigenvalue weighted by Gasteiger charge is 2.18. The lowest BCUT2D eigenvalue weighted by molar-refractivity contribution is -0.133. The number of carbonyl (C=O) groups excluding carboxylic acids is 3. The van der Waals surface area contributed by atoms with E-state index in [1.54, 1.807) is 25.2 Å². The predicted molar refractivity (Wildman–Crippen MR) is 134 cm³/mol. The first-order chi connectivity index (χ1) is 17.2. The van der Waals surface area contributed by atoms with Gasteiger partial charge in [0.25, 0.3) is 11.8 Å².